The van der Waals surface area contributed by atoms with Gasteiger partial charge in [-0.25, -0.2) is 0 Å². The number of methoxy groups -OCH3 is 1. The van der Waals surface area contributed by atoms with Gasteiger partial charge in [-0.05, 0) is 56.0 Å². The summed E-state index contributed by atoms with van der Waals surface area (Å²) in [5.74, 6) is -2.22. The van der Waals surface area contributed by atoms with Gasteiger partial charge in [-0.2, -0.15) is 0 Å². The molecule has 3 aliphatic heterocycles. The molecule has 2 amide bonds. The fraction of sp³-hybridized carbons (Fsp3) is 0.452. The number of carbonyl (C=O) groups is 3. The van der Waals surface area contributed by atoms with Gasteiger partial charge in [0.05, 0.1) is 44.3 Å². The van der Waals surface area contributed by atoms with E-state index in [1.165, 1.54) is 4.90 Å². The van der Waals surface area contributed by atoms with Crippen molar-refractivity contribution in [2.24, 2.45) is 11.8 Å². The molecular formula is C31H36N2O7. The molecule has 9 heteroatoms. The number of aliphatic hydroxyl groups excluding tert-OH is 1. The minimum Gasteiger partial charge on any atom is -0.497 e. The van der Waals surface area contributed by atoms with Gasteiger partial charge >= 0.3 is 5.97 Å². The highest BCUT2D eigenvalue weighted by Gasteiger charge is 2.75. The first-order valence-corrected chi connectivity index (χ1v) is 13.8. The van der Waals surface area contributed by atoms with Crippen LogP contribution in [0, 0.1) is 11.8 Å². The topological polar surface area (TPSA) is 106 Å². The van der Waals surface area contributed by atoms with Crippen LogP contribution in [0.5, 0.6) is 5.75 Å². The van der Waals surface area contributed by atoms with Gasteiger partial charge < -0.3 is 29.1 Å². The monoisotopic (exact) mass is 548 g/mol. The number of esters is 1. The quantitative estimate of drug-likeness (QED) is 0.340. The Bertz CT molecular complexity index is 1250. The maximum Gasteiger partial charge on any atom is 0.312 e. The summed E-state index contributed by atoms with van der Waals surface area (Å²) >= 11 is 0. The van der Waals surface area contributed by atoms with Gasteiger partial charge in [0.25, 0.3) is 5.91 Å². The molecule has 0 saturated carbocycles. The SMILES string of the molecule is C=CCN(C(=O)[C@@H]1N([C@@H](CO)Cc2ccccc2)C(=O)[C@H]2[C@H](C(=O)OCC)[C@@H]3CC[C@]12O3)c1ccc(OC)cc1. The second-order valence-corrected chi connectivity index (χ2v) is 10.5. The van der Waals surface area contributed by atoms with Crippen LogP contribution in [-0.2, 0) is 30.3 Å². The minimum atomic E-state index is -1.20. The van der Waals surface area contributed by atoms with Gasteiger partial charge in [-0.1, -0.05) is 36.4 Å². The number of benzene rings is 2. The third-order valence-corrected chi connectivity index (χ3v) is 8.41. The van der Waals surface area contributed by atoms with E-state index >= 15 is 0 Å². The van der Waals surface area contributed by atoms with E-state index in [1.54, 1.807) is 49.3 Å². The van der Waals surface area contributed by atoms with Crippen molar-refractivity contribution in [3.63, 3.8) is 0 Å². The standard InChI is InChI=1S/C31H36N2O7/c1-4-17-32(21-11-13-23(38-3)14-12-21)29(36)27-31-16-15-24(40-31)25(30(37)39-5-2)26(31)28(35)33(27)22(19-34)18-20-9-7-6-8-10-20/h4,6-14,22,24-27,34H,1,5,15-19H2,2-3H3/t22-,24+,25-,26-,27+,31-/m1/s1. The number of carbonyl (C=O) groups excluding carboxylic acids is 3. The van der Waals surface area contributed by atoms with Crippen molar-refractivity contribution >= 4 is 23.5 Å². The lowest BCUT2D eigenvalue weighted by molar-refractivity contribution is -0.155. The summed E-state index contributed by atoms with van der Waals surface area (Å²) in [4.78, 5) is 45.1. The van der Waals surface area contributed by atoms with Crippen LogP contribution in [0.15, 0.2) is 67.3 Å². The van der Waals surface area contributed by atoms with Crippen LogP contribution in [0.3, 0.4) is 0 Å². The van der Waals surface area contributed by atoms with Gasteiger partial charge in [0.2, 0.25) is 5.91 Å². The highest BCUT2D eigenvalue weighted by molar-refractivity contribution is 6.04. The molecule has 0 aromatic heterocycles. The summed E-state index contributed by atoms with van der Waals surface area (Å²) in [6.45, 7) is 5.59. The number of nitrogens with zero attached hydrogens (tertiary/aromatic N) is 2. The molecule has 0 unspecified atom stereocenters. The molecule has 40 heavy (non-hydrogen) atoms. The van der Waals surface area contributed by atoms with Gasteiger partial charge in [0, 0.05) is 12.2 Å². The van der Waals surface area contributed by atoms with Crippen LogP contribution in [0.1, 0.15) is 25.3 Å². The maximum absolute atomic E-state index is 14.6. The van der Waals surface area contributed by atoms with Crippen molar-refractivity contribution in [1.29, 1.82) is 0 Å². The molecule has 3 fully saturated rings. The Morgan fingerprint density at radius 2 is 1.95 bits per heavy atom. The third kappa shape index (κ3) is 4.57. The summed E-state index contributed by atoms with van der Waals surface area (Å²) in [5, 5.41) is 10.6. The lowest BCUT2D eigenvalue weighted by Gasteiger charge is -2.39. The molecule has 2 bridgehead atoms. The first-order valence-electron chi connectivity index (χ1n) is 13.8. The van der Waals surface area contributed by atoms with Gasteiger partial charge in [0.15, 0.2) is 0 Å². The summed E-state index contributed by atoms with van der Waals surface area (Å²) in [7, 11) is 1.57. The van der Waals surface area contributed by atoms with Gasteiger partial charge in [-0.15, -0.1) is 6.58 Å². The number of hydrogen-bond acceptors (Lipinski definition) is 7. The number of aliphatic hydroxyl groups is 1. The second kappa shape index (κ2) is 11.4. The molecule has 212 valence electrons. The zero-order valence-electron chi connectivity index (χ0n) is 22.9. The number of fused-ring (bicyclic) bond motifs is 1. The van der Waals surface area contributed by atoms with E-state index < -0.39 is 41.6 Å². The number of anilines is 1. The van der Waals surface area contributed by atoms with Crippen LogP contribution in [0.4, 0.5) is 5.69 Å². The molecule has 6 atom stereocenters. The number of amides is 2. The summed E-state index contributed by atoms with van der Waals surface area (Å²) in [6, 6.07) is 14.9. The molecule has 1 N–H and O–H groups in total. The number of hydrogen-bond donors (Lipinski definition) is 1. The smallest absolute Gasteiger partial charge is 0.312 e. The van der Waals surface area contributed by atoms with Gasteiger partial charge in [-0.3, -0.25) is 14.4 Å². The largest absolute Gasteiger partial charge is 0.497 e. The van der Waals surface area contributed by atoms with Crippen molar-refractivity contribution in [3.8, 4) is 5.75 Å². The van der Waals surface area contributed by atoms with Crippen molar-refractivity contribution in [3.05, 3.63) is 72.8 Å². The predicted octanol–water partition coefficient (Wildman–Crippen LogP) is 2.76. The Morgan fingerprint density at radius 3 is 2.58 bits per heavy atom. The molecule has 0 radical (unpaired) electrons. The Balaban J connectivity index is 1.59. The zero-order valence-corrected chi connectivity index (χ0v) is 22.9. The predicted molar refractivity (Wildman–Crippen MR) is 148 cm³/mol. The average molecular weight is 549 g/mol. The highest BCUT2D eigenvalue weighted by Crippen LogP contribution is 2.59. The Kier molecular flexibility index (Phi) is 7.96. The number of ether oxygens (including phenoxy) is 3. The first-order chi connectivity index (χ1) is 19.4. The molecule has 5 rings (SSSR count). The maximum atomic E-state index is 14.6. The van der Waals surface area contributed by atoms with E-state index in [1.807, 2.05) is 30.3 Å². The van der Waals surface area contributed by atoms with Crippen LogP contribution in [-0.4, -0.2) is 78.4 Å². The lowest BCUT2D eigenvalue weighted by Crippen LogP contribution is -2.59. The molecule has 2 aromatic carbocycles. The van der Waals surface area contributed by atoms with E-state index in [2.05, 4.69) is 6.58 Å². The van der Waals surface area contributed by atoms with E-state index in [9.17, 15) is 19.5 Å². The molecule has 2 aromatic rings. The summed E-state index contributed by atoms with van der Waals surface area (Å²) in [6.07, 6.45) is 2.45. The minimum absolute atomic E-state index is 0.180. The van der Waals surface area contributed by atoms with E-state index in [0.29, 0.717) is 30.7 Å². The fourth-order valence-electron chi connectivity index (χ4n) is 6.77. The lowest BCUT2D eigenvalue weighted by atomic mass is 9.70. The van der Waals surface area contributed by atoms with Crippen LogP contribution in [0.2, 0.25) is 0 Å². The first kappa shape index (κ1) is 27.9. The Hall–Kier alpha value is -3.69. The number of likely N-dealkylation sites (tertiary alicyclic amines) is 1. The number of rotatable bonds is 11. The van der Waals surface area contributed by atoms with E-state index in [4.69, 9.17) is 14.2 Å². The van der Waals surface area contributed by atoms with Crippen molar-refractivity contribution < 1.29 is 33.7 Å². The highest BCUT2D eigenvalue weighted by atomic mass is 16.6. The molecule has 3 heterocycles. The molecular weight excluding hydrogens is 512 g/mol. The fourth-order valence-corrected chi connectivity index (χ4v) is 6.77. The summed E-state index contributed by atoms with van der Waals surface area (Å²) < 4.78 is 17.2. The average Bonchev–Trinajstić information content (AvgIpc) is 3.62. The normalized spacial score (nSPS) is 27.3. The van der Waals surface area contributed by atoms with Crippen LogP contribution >= 0.6 is 0 Å². The molecule has 3 aliphatic rings. The zero-order chi connectivity index (χ0) is 28.4. The van der Waals surface area contributed by atoms with Crippen LogP contribution in [0.25, 0.3) is 0 Å². The van der Waals surface area contributed by atoms with Crippen molar-refractivity contribution in [2.75, 3.05) is 31.8 Å². The van der Waals surface area contributed by atoms with E-state index in [0.717, 1.165) is 5.56 Å². The molecule has 9 nitrogen and oxygen atoms in total. The Labute approximate surface area is 234 Å². The Morgan fingerprint density at radius 1 is 1.23 bits per heavy atom. The van der Waals surface area contributed by atoms with Crippen LogP contribution < -0.4 is 9.64 Å². The second-order valence-electron chi connectivity index (χ2n) is 10.5. The molecule has 1 spiro atoms. The summed E-state index contributed by atoms with van der Waals surface area (Å²) in [5.41, 5.74) is 0.322. The van der Waals surface area contributed by atoms with Gasteiger partial charge in [0.1, 0.15) is 17.4 Å². The van der Waals surface area contributed by atoms with Crippen molar-refractivity contribution in [1.82, 2.24) is 4.90 Å². The van der Waals surface area contributed by atoms with Crippen molar-refractivity contribution in [2.45, 2.75) is 50.0 Å². The third-order valence-electron chi connectivity index (χ3n) is 8.41. The molecule has 3 saturated heterocycles. The molecule has 0 aliphatic carbocycles. The van der Waals surface area contributed by atoms with E-state index in [-0.39, 0.29) is 31.6 Å².